The number of anilines is 1. The van der Waals surface area contributed by atoms with E-state index in [0.29, 0.717) is 38.5 Å². The largest absolute Gasteiger partial charge is 0.444 e. The fourth-order valence-electron chi connectivity index (χ4n) is 4.91. The normalized spacial score (nSPS) is 16.6. The smallest absolute Gasteiger partial charge is 0.410 e. The summed E-state index contributed by atoms with van der Waals surface area (Å²) in [5, 5.41) is 7.89. The lowest BCUT2D eigenvalue weighted by Gasteiger charge is -2.47. The van der Waals surface area contributed by atoms with Crippen LogP contribution in [-0.2, 0) is 4.74 Å². The summed E-state index contributed by atoms with van der Waals surface area (Å²) in [6, 6.07) is 3.69. The first kappa shape index (κ1) is 27.8. The van der Waals surface area contributed by atoms with Crippen molar-refractivity contribution < 1.29 is 23.5 Å². The molecule has 2 fully saturated rings. The van der Waals surface area contributed by atoms with Gasteiger partial charge in [-0.25, -0.2) is 9.18 Å². The van der Waals surface area contributed by atoms with E-state index in [1.165, 1.54) is 12.1 Å². The number of aromatic nitrogens is 3. The summed E-state index contributed by atoms with van der Waals surface area (Å²) < 4.78 is 25.7. The quantitative estimate of drug-likeness (QED) is 0.508. The average Bonchev–Trinajstić information content (AvgIpc) is 3.25. The summed E-state index contributed by atoms with van der Waals surface area (Å²) in [7, 11) is 0. The van der Waals surface area contributed by atoms with E-state index in [1.807, 2.05) is 46.4 Å². The zero-order valence-corrected chi connectivity index (χ0v) is 23.4. The molecule has 2 aliphatic rings. The predicted molar refractivity (Wildman–Crippen MR) is 140 cm³/mol. The van der Waals surface area contributed by atoms with E-state index in [1.54, 1.807) is 9.80 Å². The third-order valence-electron chi connectivity index (χ3n) is 6.66. The highest BCUT2D eigenvalue weighted by molar-refractivity contribution is 6.28. The molecule has 12 heteroatoms. The van der Waals surface area contributed by atoms with Gasteiger partial charge in [-0.1, -0.05) is 0 Å². The van der Waals surface area contributed by atoms with Gasteiger partial charge in [-0.3, -0.25) is 4.79 Å². The van der Waals surface area contributed by atoms with Crippen LogP contribution in [0.4, 0.5) is 15.0 Å². The lowest BCUT2D eigenvalue weighted by molar-refractivity contribution is -0.0266. The Morgan fingerprint density at radius 1 is 1.21 bits per heavy atom. The van der Waals surface area contributed by atoms with Gasteiger partial charge >= 0.3 is 6.09 Å². The maximum Gasteiger partial charge on any atom is 0.410 e. The first-order valence-electron chi connectivity index (χ1n) is 12.7. The molecule has 0 N–H and O–H groups in total. The van der Waals surface area contributed by atoms with Gasteiger partial charge in [-0.15, -0.1) is 10.2 Å². The van der Waals surface area contributed by atoms with Crippen molar-refractivity contribution in [2.24, 2.45) is 5.41 Å². The Morgan fingerprint density at radius 3 is 2.55 bits per heavy atom. The van der Waals surface area contributed by atoms with Crippen molar-refractivity contribution in [3.8, 4) is 11.6 Å². The fourth-order valence-corrected chi connectivity index (χ4v) is 5.03. The Bertz CT molecular complexity index is 1210. The summed E-state index contributed by atoms with van der Waals surface area (Å²) in [5.74, 6) is -0.337. The molecular weight excluding hydrogens is 515 g/mol. The van der Waals surface area contributed by atoms with E-state index in [-0.39, 0.29) is 45.9 Å². The summed E-state index contributed by atoms with van der Waals surface area (Å²) in [6.07, 6.45) is 0.501. The van der Waals surface area contributed by atoms with Crippen molar-refractivity contribution in [2.45, 2.75) is 59.6 Å². The van der Waals surface area contributed by atoms with Crippen LogP contribution in [0.1, 0.15) is 58.3 Å². The van der Waals surface area contributed by atoms with E-state index >= 15 is 0 Å². The molecule has 0 saturated carbocycles. The van der Waals surface area contributed by atoms with Crippen molar-refractivity contribution in [3.63, 3.8) is 0 Å². The fraction of sp³-hybridized carbons (Fsp3) is 0.577. The van der Waals surface area contributed by atoms with Crippen molar-refractivity contribution in [1.82, 2.24) is 25.0 Å². The molecule has 3 heterocycles. The monoisotopic (exact) mass is 548 g/mol. The number of amides is 2. The van der Waals surface area contributed by atoms with Gasteiger partial charge in [-0.2, -0.15) is 4.98 Å². The Morgan fingerprint density at radius 2 is 1.92 bits per heavy atom. The molecule has 2 amide bonds. The molecule has 1 aromatic heterocycles. The summed E-state index contributed by atoms with van der Waals surface area (Å²) in [6.45, 7) is 14.0. The molecule has 38 heavy (non-hydrogen) atoms. The molecule has 0 bridgehead atoms. The number of nitrogens with zero attached hydrogens (tertiary/aromatic N) is 6. The lowest BCUT2D eigenvalue weighted by Crippen LogP contribution is -2.60. The maximum atomic E-state index is 14.2. The molecule has 1 spiro atoms. The summed E-state index contributed by atoms with van der Waals surface area (Å²) in [4.78, 5) is 35.3. The van der Waals surface area contributed by atoms with Crippen LogP contribution >= 0.6 is 11.6 Å². The molecule has 206 valence electrons. The van der Waals surface area contributed by atoms with Crippen LogP contribution in [0.5, 0.6) is 11.6 Å². The molecule has 10 nitrogen and oxygen atoms in total. The maximum absolute atomic E-state index is 14.2. The lowest BCUT2D eigenvalue weighted by atomic mass is 9.79. The zero-order valence-electron chi connectivity index (χ0n) is 22.6. The molecule has 0 unspecified atom stereocenters. The molecule has 0 radical (unpaired) electrons. The minimum Gasteiger partial charge on any atom is -0.444 e. The Kier molecular flexibility index (Phi) is 7.69. The number of halogens is 2. The van der Waals surface area contributed by atoms with Gasteiger partial charge in [0.2, 0.25) is 5.28 Å². The molecule has 0 atom stereocenters. The predicted octanol–water partition coefficient (Wildman–Crippen LogP) is 4.77. The van der Waals surface area contributed by atoms with Gasteiger partial charge in [0.25, 0.3) is 11.8 Å². The van der Waals surface area contributed by atoms with Crippen molar-refractivity contribution in [3.05, 3.63) is 34.9 Å². The van der Waals surface area contributed by atoms with Crippen molar-refractivity contribution in [2.75, 3.05) is 37.6 Å². The molecule has 2 aliphatic heterocycles. The zero-order chi connectivity index (χ0) is 27.8. The number of carbonyl (C=O) groups is 2. The highest BCUT2D eigenvalue weighted by Crippen LogP contribution is 2.43. The van der Waals surface area contributed by atoms with Crippen LogP contribution in [0, 0.1) is 11.2 Å². The van der Waals surface area contributed by atoms with Crippen LogP contribution in [0.15, 0.2) is 18.2 Å². The average molecular weight is 549 g/mol. The van der Waals surface area contributed by atoms with Crippen LogP contribution in [-0.4, -0.2) is 81.3 Å². The number of likely N-dealkylation sites (tertiary alicyclic amines) is 1. The number of benzene rings is 1. The van der Waals surface area contributed by atoms with Crippen LogP contribution < -0.4 is 9.64 Å². The van der Waals surface area contributed by atoms with Gasteiger partial charge in [0, 0.05) is 44.2 Å². The minimum absolute atomic E-state index is 0.0512. The third kappa shape index (κ3) is 5.92. The standard InChI is InChI=1S/C26H34ClFN6O4/c1-7-34(16(2)3)22(35)18-12-17(28)8-9-19(18)37-21-20(29-23(27)31-30-21)32-11-10-26(13-32)14-33(15-26)24(36)38-25(4,5)6/h8-9,12,16H,7,10-11,13-15H2,1-6H3. The molecule has 0 aliphatic carbocycles. The van der Waals surface area contributed by atoms with Gasteiger partial charge in [-0.05, 0) is 77.8 Å². The van der Waals surface area contributed by atoms with Crippen LogP contribution in [0.25, 0.3) is 0 Å². The highest BCUT2D eigenvalue weighted by Gasteiger charge is 2.51. The first-order chi connectivity index (χ1) is 17.8. The third-order valence-corrected chi connectivity index (χ3v) is 6.82. The van der Waals surface area contributed by atoms with Crippen molar-refractivity contribution in [1.29, 1.82) is 0 Å². The van der Waals surface area contributed by atoms with Gasteiger partial charge in [0.1, 0.15) is 17.2 Å². The number of rotatable bonds is 6. The Hall–Kier alpha value is -3.21. The van der Waals surface area contributed by atoms with Gasteiger partial charge in [0.15, 0.2) is 5.82 Å². The van der Waals surface area contributed by atoms with Crippen LogP contribution in [0.2, 0.25) is 5.28 Å². The molecule has 2 aromatic rings. The number of hydrogen-bond acceptors (Lipinski definition) is 8. The number of hydrogen-bond donors (Lipinski definition) is 0. The van der Waals surface area contributed by atoms with Crippen molar-refractivity contribution >= 4 is 29.4 Å². The molecule has 4 rings (SSSR count). The topological polar surface area (TPSA) is 101 Å². The number of carbonyl (C=O) groups excluding carboxylic acids is 2. The molecule has 1 aromatic carbocycles. The second kappa shape index (κ2) is 10.5. The highest BCUT2D eigenvalue weighted by atomic mass is 35.5. The van der Waals surface area contributed by atoms with Crippen LogP contribution in [0.3, 0.4) is 0 Å². The second-order valence-corrected chi connectivity index (χ2v) is 11.5. The van der Waals surface area contributed by atoms with Gasteiger partial charge < -0.3 is 24.2 Å². The second-order valence-electron chi connectivity index (χ2n) is 11.1. The van der Waals surface area contributed by atoms with E-state index in [2.05, 4.69) is 15.2 Å². The Labute approximate surface area is 227 Å². The SMILES string of the molecule is CCN(C(=O)c1cc(F)ccc1Oc1nnc(Cl)nc1N1CCC2(CN(C(=O)OC(C)(C)C)C2)C1)C(C)C. The van der Waals surface area contributed by atoms with E-state index in [4.69, 9.17) is 21.1 Å². The van der Waals surface area contributed by atoms with Gasteiger partial charge in [0.05, 0.1) is 5.56 Å². The summed E-state index contributed by atoms with van der Waals surface area (Å²) >= 11 is 6.09. The van der Waals surface area contributed by atoms with E-state index in [9.17, 15) is 14.0 Å². The Balaban J connectivity index is 1.54. The first-order valence-corrected chi connectivity index (χ1v) is 13.1. The minimum atomic E-state index is -0.554. The van der Waals surface area contributed by atoms with E-state index in [0.717, 1.165) is 12.5 Å². The van der Waals surface area contributed by atoms with E-state index < -0.39 is 11.4 Å². The molecular formula is C26H34ClFN6O4. The number of ether oxygens (including phenoxy) is 2. The summed E-state index contributed by atoms with van der Waals surface area (Å²) in [5.41, 5.74) is -0.587. The molecule has 2 saturated heterocycles.